The number of allylic oxidation sites excluding steroid dienone is 3. The van der Waals surface area contributed by atoms with Crippen LogP contribution in [0.5, 0.6) is 0 Å². The molecular formula is C29H48F3INO+. The maximum atomic E-state index is 12.9. The van der Waals surface area contributed by atoms with Crippen molar-refractivity contribution in [1.82, 2.24) is 4.90 Å². The Balaban J connectivity index is 2.20. The Kier molecular flexibility index (Phi) is 8.55. The normalized spacial score (nSPS) is 28.2. The summed E-state index contributed by atoms with van der Waals surface area (Å²) in [5.74, 6) is -0.933. The molecule has 1 aliphatic heterocycles. The van der Waals surface area contributed by atoms with Crippen LogP contribution in [0.3, 0.4) is 0 Å². The standard InChI is InChI=1S/C29H48F3INO/c1-19(20(2)16-21(3)29(30,31)32)14-15-34(13)28(12)22(27(28,10)11)18-33-23(25(4,5)6)17-24(35-33)26(7,8)9/h14-15,21-22,24H,1-2,16-18H2,3-13H3/q+1/b15-14-. The summed E-state index contributed by atoms with van der Waals surface area (Å²) in [4.78, 5) is 2.23. The molecule has 0 aromatic rings. The van der Waals surface area contributed by atoms with Crippen LogP contribution in [0.1, 0.15) is 82.1 Å². The first-order valence-electron chi connectivity index (χ1n) is 12.6. The number of halogens is 4. The van der Waals surface area contributed by atoms with Crippen molar-refractivity contribution in [1.29, 1.82) is 0 Å². The van der Waals surface area contributed by atoms with Crippen molar-refractivity contribution in [2.24, 2.45) is 28.1 Å². The highest BCUT2D eigenvalue weighted by Gasteiger charge is 2.70. The minimum absolute atomic E-state index is 0.0476. The molecule has 4 unspecified atom stereocenters. The molecule has 2 nitrogen and oxygen atoms in total. The Morgan fingerprint density at radius 3 is 2.14 bits per heavy atom. The van der Waals surface area contributed by atoms with Crippen LogP contribution in [0, 0.1) is 28.1 Å². The van der Waals surface area contributed by atoms with Crippen LogP contribution in [-0.4, -0.2) is 37.7 Å². The van der Waals surface area contributed by atoms with Gasteiger partial charge in [0.1, 0.15) is 0 Å². The Hall–Kier alpha value is -0.790. The predicted octanol–water partition coefficient (Wildman–Crippen LogP) is 8.97. The molecule has 1 fully saturated rings. The highest BCUT2D eigenvalue weighted by atomic mass is 127. The molecule has 0 N–H and O–H groups in total. The third kappa shape index (κ3) is 6.38. The molecule has 1 aliphatic carbocycles. The number of rotatable bonds is 8. The molecule has 1 saturated carbocycles. The van der Waals surface area contributed by atoms with Crippen molar-refractivity contribution >= 4 is 22.8 Å². The predicted molar refractivity (Wildman–Crippen MR) is 153 cm³/mol. The maximum absolute atomic E-state index is 12.9. The van der Waals surface area contributed by atoms with E-state index in [9.17, 15) is 13.2 Å². The Morgan fingerprint density at radius 1 is 1.14 bits per heavy atom. The monoisotopic (exact) mass is 610 g/mol. The van der Waals surface area contributed by atoms with Crippen molar-refractivity contribution in [3.05, 3.63) is 36.6 Å². The van der Waals surface area contributed by atoms with Crippen LogP contribution in [0.25, 0.3) is 0 Å². The van der Waals surface area contributed by atoms with Gasteiger partial charge in [0.05, 0.1) is 25.7 Å². The number of hydrogen-bond acceptors (Lipinski definition) is 1. The van der Waals surface area contributed by atoms with E-state index in [1.807, 2.05) is 12.3 Å². The molecule has 0 bridgehead atoms. The highest BCUT2D eigenvalue weighted by molar-refractivity contribution is 14.2. The van der Waals surface area contributed by atoms with E-state index in [1.165, 1.54) is 6.92 Å². The molecule has 202 valence electrons. The van der Waals surface area contributed by atoms with Crippen LogP contribution >= 0.6 is 19.3 Å². The lowest BCUT2D eigenvalue weighted by Gasteiger charge is -2.27. The van der Waals surface area contributed by atoms with Crippen LogP contribution in [-0.2, 0) is 2.70 Å². The maximum Gasteiger partial charge on any atom is 0.391 e. The van der Waals surface area contributed by atoms with Crippen molar-refractivity contribution in [3.8, 4) is 0 Å². The van der Waals surface area contributed by atoms with Gasteiger partial charge in [0.15, 0.2) is 0 Å². The third-order valence-corrected chi connectivity index (χ3v) is 14.9. The summed E-state index contributed by atoms with van der Waals surface area (Å²) in [5, 5.41) is 0. The van der Waals surface area contributed by atoms with Gasteiger partial charge in [-0.1, -0.05) is 75.5 Å². The van der Waals surface area contributed by atoms with Crippen LogP contribution in [0.4, 0.5) is 13.2 Å². The zero-order valence-electron chi connectivity index (χ0n) is 23.8. The van der Waals surface area contributed by atoms with E-state index < -0.39 is 31.4 Å². The largest absolute Gasteiger partial charge is 0.391 e. The summed E-state index contributed by atoms with van der Waals surface area (Å²) in [7, 11) is 2.07. The average Bonchev–Trinajstić information content (AvgIpc) is 2.99. The fraction of sp³-hybridized carbons (Fsp3) is 0.759. The van der Waals surface area contributed by atoms with Crippen molar-refractivity contribution in [3.63, 3.8) is 0 Å². The van der Waals surface area contributed by atoms with Gasteiger partial charge in [0.25, 0.3) is 25.4 Å². The molecule has 1 heterocycles. The van der Waals surface area contributed by atoms with Crippen molar-refractivity contribution in [2.75, 3.05) is 11.5 Å². The van der Waals surface area contributed by atoms with Gasteiger partial charge in [0, 0.05) is 18.5 Å². The van der Waals surface area contributed by atoms with Gasteiger partial charge < -0.3 is 4.90 Å². The van der Waals surface area contributed by atoms with Crippen LogP contribution < -0.4 is 0 Å². The van der Waals surface area contributed by atoms with Crippen molar-refractivity contribution < 1.29 is 15.9 Å². The highest BCUT2D eigenvalue weighted by Crippen LogP contribution is 2.66. The second-order valence-electron chi connectivity index (χ2n) is 13.4. The van der Waals surface area contributed by atoms with E-state index in [0.29, 0.717) is 23.2 Å². The quantitative estimate of drug-likeness (QED) is 0.116. The van der Waals surface area contributed by atoms with Gasteiger partial charge in [-0.15, -0.1) is 0 Å². The molecule has 0 amide bonds. The SMILES string of the molecule is C=C(/C=C\N(C)C1(C)C(CI2=[O+]C(C(C)(C)C)CC=2C(C)(C)C)C1(C)C)C(=C)CC(C)C(F)(F)F. The van der Waals surface area contributed by atoms with Gasteiger partial charge >= 0.3 is 6.18 Å². The van der Waals surface area contributed by atoms with Gasteiger partial charge in [-0.2, -0.15) is 13.2 Å². The Morgan fingerprint density at radius 2 is 1.69 bits per heavy atom. The average molecular weight is 611 g/mol. The fourth-order valence-electron chi connectivity index (χ4n) is 5.01. The summed E-state index contributed by atoms with van der Waals surface area (Å²) in [6, 6.07) is 0. The van der Waals surface area contributed by atoms with E-state index in [2.05, 4.69) is 87.4 Å². The van der Waals surface area contributed by atoms with E-state index in [0.717, 1.165) is 10.8 Å². The molecular weight excluding hydrogens is 562 g/mol. The Bertz CT molecular complexity index is 967. The second-order valence-corrected chi connectivity index (χ2v) is 17.9. The van der Waals surface area contributed by atoms with E-state index in [-0.39, 0.29) is 28.2 Å². The first-order chi connectivity index (χ1) is 15.5. The van der Waals surface area contributed by atoms with Gasteiger partial charge in [0.2, 0.25) is 0 Å². The van der Waals surface area contributed by atoms with E-state index >= 15 is 0 Å². The molecule has 35 heavy (non-hydrogen) atoms. The fourth-order valence-corrected chi connectivity index (χ4v) is 13.2. The summed E-state index contributed by atoms with van der Waals surface area (Å²) in [6.07, 6.45) is 0.808. The second kappa shape index (κ2) is 9.83. The van der Waals surface area contributed by atoms with Crippen LogP contribution in [0.15, 0.2) is 36.6 Å². The summed E-state index contributed by atoms with van der Waals surface area (Å²) in [6.45, 7) is 29.8. The van der Waals surface area contributed by atoms with Gasteiger partial charge in [-0.05, 0) is 47.6 Å². The lowest BCUT2D eigenvalue weighted by molar-refractivity contribution is -0.168. The van der Waals surface area contributed by atoms with Crippen LogP contribution in [0.2, 0.25) is 0 Å². The molecule has 0 aromatic carbocycles. The molecule has 0 aromatic heterocycles. The Labute approximate surface area is 219 Å². The first-order valence-corrected chi connectivity index (χ1v) is 16.1. The third-order valence-electron chi connectivity index (χ3n) is 8.48. The summed E-state index contributed by atoms with van der Waals surface area (Å²) < 4.78 is 48.4. The lowest BCUT2D eigenvalue weighted by Crippen LogP contribution is -2.32. The van der Waals surface area contributed by atoms with Crippen molar-refractivity contribution in [2.45, 2.75) is 99.9 Å². The molecule has 2 aliphatic rings. The minimum atomic E-state index is -4.22. The zero-order chi connectivity index (χ0) is 27.4. The number of nitrogens with zero attached hydrogens (tertiary/aromatic N) is 1. The summed E-state index contributed by atoms with van der Waals surface area (Å²) in [5.41, 5.74) is 1.35. The van der Waals surface area contributed by atoms with E-state index in [1.54, 1.807) is 3.51 Å². The molecule has 2 rings (SSSR count). The minimum Gasteiger partial charge on any atom is -0.374 e. The molecule has 0 radical (unpaired) electrons. The number of hydrogen-bond donors (Lipinski definition) is 0. The number of alkyl halides is 4. The van der Waals surface area contributed by atoms with Gasteiger partial charge in [-0.25, -0.2) is 0 Å². The summed E-state index contributed by atoms with van der Waals surface area (Å²) >= 11 is -1.76. The molecule has 0 spiro atoms. The smallest absolute Gasteiger partial charge is 0.374 e. The van der Waals surface area contributed by atoms with E-state index in [4.69, 9.17) is 2.70 Å². The topological polar surface area (TPSA) is 14.5 Å². The first kappa shape index (κ1) is 30.4. The molecule has 0 saturated heterocycles. The lowest BCUT2D eigenvalue weighted by atomic mass is 9.81. The zero-order valence-corrected chi connectivity index (χ0v) is 25.9. The molecule has 6 heteroatoms. The molecule has 4 atom stereocenters. The van der Waals surface area contributed by atoms with Gasteiger partial charge in [-0.3, -0.25) is 2.70 Å².